The summed E-state index contributed by atoms with van der Waals surface area (Å²) in [5.74, 6) is 1.35. The molecular weight excluding hydrogens is 344 g/mol. The number of benzene rings is 2. The highest BCUT2D eigenvalue weighted by Crippen LogP contribution is 2.28. The number of nitrogens with one attached hydrogen (secondary N) is 1. The van der Waals surface area contributed by atoms with Crippen LogP contribution >= 0.6 is 0 Å². The molecule has 0 bridgehead atoms. The molecule has 1 fully saturated rings. The Balaban J connectivity index is 1.51. The van der Waals surface area contributed by atoms with E-state index >= 15 is 0 Å². The van der Waals surface area contributed by atoms with Gasteiger partial charge in [-0.15, -0.1) is 0 Å². The van der Waals surface area contributed by atoms with Crippen molar-refractivity contribution in [1.82, 2.24) is 0 Å². The largest absolute Gasteiger partial charge is 0.493 e. The van der Waals surface area contributed by atoms with Gasteiger partial charge in [0, 0.05) is 30.9 Å². The van der Waals surface area contributed by atoms with Crippen LogP contribution in [-0.4, -0.2) is 46.4 Å². The summed E-state index contributed by atoms with van der Waals surface area (Å²) in [6.45, 7) is 3.32. The maximum atomic E-state index is 12.3. The standard InChI is InChI=1S/C21H26N2O4/c1-25-19-9-3-16(15-20(19)26-2)4-10-21(24)22-17-5-7-18(8-6-17)23-11-13-27-14-12-23/h3,5-9,15H,4,10-14H2,1-2H3,(H,22,24). The second-order valence-electron chi connectivity index (χ2n) is 6.38. The Morgan fingerprint density at radius 1 is 1.04 bits per heavy atom. The number of hydrogen-bond donors (Lipinski definition) is 1. The molecule has 27 heavy (non-hydrogen) atoms. The van der Waals surface area contributed by atoms with Crippen LogP contribution in [0, 0.1) is 0 Å². The molecule has 0 atom stereocenters. The van der Waals surface area contributed by atoms with Crippen molar-refractivity contribution in [3.05, 3.63) is 48.0 Å². The van der Waals surface area contributed by atoms with E-state index in [9.17, 15) is 4.79 Å². The molecule has 144 valence electrons. The molecule has 1 heterocycles. The number of ether oxygens (including phenoxy) is 3. The molecule has 3 rings (SSSR count). The van der Waals surface area contributed by atoms with E-state index in [1.165, 1.54) is 0 Å². The fraction of sp³-hybridized carbons (Fsp3) is 0.381. The highest BCUT2D eigenvalue weighted by atomic mass is 16.5. The second kappa shape index (κ2) is 9.28. The van der Waals surface area contributed by atoms with Crippen molar-refractivity contribution >= 4 is 17.3 Å². The molecule has 1 amide bonds. The van der Waals surface area contributed by atoms with E-state index in [0.29, 0.717) is 24.3 Å². The van der Waals surface area contributed by atoms with Gasteiger partial charge in [-0.3, -0.25) is 4.79 Å². The smallest absolute Gasteiger partial charge is 0.224 e. The lowest BCUT2D eigenvalue weighted by Gasteiger charge is -2.28. The van der Waals surface area contributed by atoms with E-state index in [4.69, 9.17) is 14.2 Å². The van der Waals surface area contributed by atoms with Gasteiger partial charge in [0.1, 0.15) is 0 Å². The van der Waals surface area contributed by atoms with E-state index in [-0.39, 0.29) is 5.91 Å². The molecule has 0 radical (unpaired) electrons. The number of hydrogen-bond acceptors (Lipinski definition) is 5. The van der Waals surface area contributed by atoms with Gasteiger partial charge in [0.25, 0.3) is 0 Å². The summed E-state index contributed by atoms with van der Waals surface area (Å²) in [6, 6.07) is 13.7. The number of aryl methyl sites for hydroxylation is 1. The van der Waals surface area contributed by atoms with Crippen LogP contribution < -0.4 is 19.7 Å². The Bertz CT molecular complexity index is 755. The Kier molecular flexibility index (Phi) is 6.54. The van der Waals surface area contributed by atoms with E-state index in [0.717, 1.165) is 43.2 Å². The van der Waals surface area contributed by atoms with Gasteiger partial charge < -0.3 is 24.4 Å². The first-order chi connectivity index (χ1) is 13.2. The first kappa shape index (κ1) is 19.0. The predicted molar refractivity (Wildman–Crippen MR) is 106 cm³/mol. The lowest BCUT2D eigenvalue weighted by atomic mass is 10.1. The van der Waals surface area contributed by atoms with Crippen LogP contribution in [0.15, 0.2) is 42.5 Å². The molecule has 0 spiro atoms. The second-order valence-corrected chi connectivity index (χ2v) is 6.38. The van der Waals surface area contributed by atoms with Crippen molar-refractivity contribution in [1.29, 1.82) is 0 Å². The Labute approximate surface area is 160 Å². The summed E-state index contributed by atoms with van der Waals surface area (Å²) in [4.78, 5) is 14.5. The van der Waals surface area contributed by atoms with Crippen molar-refractivity contribution in [2.45, 2.75) is 12.8 Å². The molecule has 1 N–H and O–H groups in total. The van der Waals surface area contributed by atoms with Crippen molar-refractivity contribution in [2.75, 3.05) is 50.7 Å². The fourth-order valence-electron chi connectivity index (χ4n) is 3.09. The molecule has 1 aliphatic heterocycles. The maximum absolute atomic E-state index is 12.3. The molecule has 2 aromatic carbocycles. The van der Waals surface area contributed by atoms with Gasteiger partial charge in [0.2, 0.25) is 5.91 Å². The Morgan fingerprint density at radius 2 is 1.74 bits per heavy atom. The van der Waals surface area contributed by atoms with E-state index in [2.05, 4.69) is 10.2 Å². The normalized spacial score (nSPS) is 13.9. The van der Waals surface area contributed by atoms with Crippen LogP contribution in [0.1, 0.15) is 12.0 Å². The molecule has 6 nitrogen and oxygen atoms in total. The Hall–Kier alpha value is -2.73. The number of anilines is 2. The van der Waals surface area contributed by atoms with Crippen LogP contribution in [0.25, 0.3) is 0 Å². The minimum absolute atomic E-state index is 0.0103. The summed E-state index contributed by atoms with van der Waals surface area (Å²) in [6.07, 6.45) is 1.04. The van der Waals surface area contributed by atoms with Crippen molar-refractivity contribution in [3.63, 3.8) is 0 Å². The molecule has 2 aromatic rings. The SMILES string of the molecule is COc1ccc(CCC(=O)Nc2ccc(N3CCOCC3)cc2)cc1OC. The third-order valence-corrected chi connectivity index (χ3v) is 4.62. The molecule has 6 heteroatoms. The molecule has 1 saturated heterocycles. The van der Waals surface area contributed by atoms with Crippen molar-refractivity contribution in [2.24, 2.45) is 0 Å². The quantitative estimate of drug-likeness (QED) is 0.812. The number of nitrogens with zero attached hydrogens (tertiary/aromatic N) is 1. The average Bonchev–Trinajstić information content (AvgIpc) is 2.73. The molecule has 0 saturated carbocycles. The third kappa shape index (κ3) is 5.14. The number of methoxy groups -OCH3 is 2. The topological polar surface area (TPSA) is 60.0 Å². The van der Waals surface area contributed by atoms with Gasteiger partial charge in [0.05, 0.1) is 27.4 Å². The number of carbonyl (C=O) groups excluding carboxylic acids is 1. The molecule has 0 unspecified atom stereocenters. The van der Waals surface area contributed by atoms with Gasteiger partial charge in [0.15, 0.2) is 11.5 Å². The highest BCUT2D eigenvalue weighted by Gasteiger charge is 2.11. The van der Waals surface area contributed by atoms with Gasteiger partial charge in [-0.25, -0.2) is 0 Å². The van der Waals surface area contributed by atoms with Crippen LogP contribution in [0.5, 0.6) is 11.5 Å². The van der Waals surface area contributed by atoms with Gasteiger partial charge >= 0.3 is 0 Å². The zero-order valence-electron chi connectivity index (χ0n) is 15.9. The number of rotatable bonds is 7. The van der Waals surface area contributed by atoms with Gasteiger partial charge in [-0.1, -0.05) is 6.07 Å². The summed E-state index contributed by atoms with van der Waals surface area (Å²) in [7, 11) is 3.21. The summed E-state index contributed by atoms with van der Waals surface area (Å²) < 4.78 is 15.9. The lowest BCUT2D eigenvalue weighted by molar-refractivity contribution is -0.116. The molecular formula is C21H26N2O4. The highest BCUT2D eigenvalue weighted by molar-refractivity contribution is 5.91. The van der Waals surface area contributed by atoms with Gasteiger partial charge in [-0.2, -0.15) is 0 Å². The molecule has 0 aliphatic carbocycles. The number of morpholine rings is 1. The third-order valence-electron chi connectivity index (χ3n) is 4.62. The summed E-state index contributed by atoms with van der Waals surface area (Å²) >= 11 is 0. The zero-order chi connectivity index (χ0) is 19.1. The number of carbonyl (C=O) groups is 1. The first-order valence-corrected chi connectivity index (χ1v) is 9.13. The summed E-state index contributed by atoms with van der Waals surface area (Å²) in [5.41, 5.74) is 3.00. The maximum Gasteiger partial charge on any atom is 0.224 e. The van der Waals surface area contributed by atoms with Gasteiger partial charge in [-0.05, 0) is 48.4 Å². The van der Waals surface area contributed by atoms with Crippen LogP contribution in [0.4, 0.5) is 11.4 Å². The van der Waals surface area contributed by atoms with Crippen molar-refractivity contribution < 1.29 is 19.0 Å². The van der Waals surface area contributed by atoms with E-state index in [1.807, 2.05) is 42.5 Å². The van der Waals surface area contributed by atoms with Crippen LogP contribution in [-0.2, 0) is 16.0 Å². The predicted octanol–water partition coefficient (Wildman–Crippen LogP) is 3.11. The number of amides is 1. The zero-order valence-corrected chi connectivity index (χ0v) is 15.9. The molecule has 1 aliphatic rings. The van der Waals surface area contributed by atoms with E-state index in [1.54, 1.807) is 14.2 Å². The minimum atomic E-state index is -0.0103. The average molecular weight is 370 g/mol. The first-order valence-electron chi connectivity index (χ1n) is 9.13. The molecule has 0 aromatic heterocycles. The van der Waals surface area contributed by atoms with Crippen molar-refractivity contribution in [3.8, 4) is 11.5 Å². The fourth-order valence-corrected chi connectivity index (χ4v) is 3.09. The Morgan fingerprint density at radius 3 is 2.41 bits per heavy atom. The summed E-state index contributed by atoms with van der Waals surface area (Å²) in [5, 5.41) is 2.96. The monoisotopic (exact) mass is 370 g/mol. The lowest BCUT2D eigenvalue weighted by Crippen LogP contribution is -2.36. The van der Waals surface area contributed by atoms with Crippen LogP contribution in [0.3, 0.4) is 0 Å². The minimum Gasteiger partial charge on any atom is -0.493 e. The van der Waals surface area contributed by atoms with E-state index < -0.39 is 0 Å². The van der Waals surface area contributed by atoms with Crippen LogP contribution in [0.2, 0.25) is 0 Å².